The summed E-state index contributed by atoms with van der Waals surface area (Å²) in [4.78, 5) is 0. The van der Waals surface area contributed by atoms with Gasteiger partial charge < -0.3 is 14.6 Å². The van der Waals surface area contributed by atoms with Crippen LogP contribution in [0.2, 0.25) is 0 Å². The van der Waals surface area contributed by atoms with Crippen LogP contribution in [0.3, 0.4) is 0 Å². The predicted molar refractivity (Wildman–Crippen MR) is 89.9 cm³/mol. The highest BCUT2D eigenvalue weighted by Gasteiger charge is 2.09. The highest BCUT2D eigenvalue weighted by molar-refractivity contribution is 9.10. The topological polar surface area (TPSA) is 38.7 Å². The van der Waals surface area contributed by atoms with E-state index in [4.69, 9.17) is 9.47 Å². The molecule has 2 aromatic rings. The van der Waals surface area contributed by atoms with Gasteiger partial charge >= 0.3 is 0 Å². The molecule has 0 aliphatic heterocycles. The first-order valence-corrected chi connectivity index (χ1v) is 8.13. The molecular weight excluding hydrogens is 400 g/mol. The Labute approximate surface area is 141 Å². The smallest absolute Gasteiger partial charge is 0.126 e. The van der Waals surface area contributed by atoms with Gasteiger partial charge in [0.2, 0.25) is 0 Å². The van der Waals surface area contributed by atoms with Gasteiger partial charge in [-0.15, -0.1) is 0 Å². The summed E-state index contributed by atoms with van der Waals surface area (Å²) in [7, 11) is 0. The monoisotopic (exact) mass is 414 g/mol. The zero-order valence-corrected chi connectivity index (χ0v) is 14.7. The average molecular weight is 416 g/mol. The number of aliphatic hydroxyl groups is 1. The van der Waals surface area contributed by atoms with E-state index in [1.54, 1.807) is 6.92 Å². The van der Waals surface area contributed by atoms with Crippen LogP contribution in [-0.2, 0) is 0 Å². The van der Waals surface area contributed by atoms with Gasteiger partial charge in [0.25, 0.3) is 0 Å². The molecule has 1 atom stereocenters. The van der Waals surface area contributed by atoms with E-state index in [1.807, 2.05) is 42.5 Å². The number of hydrogen-bond acceptors (Lipinski definition) is 3. The van der Waals surface area contributed by atoms with Crippen molar-refractivity contribution in [3.05, 3.63) is 57.0 Å². The number of ether oxygens (including phenoxy) is 2. The Bertz CT molecular complexity index is 583. The van der Waals surface area contributed by atoms with Gasteiger partial charge in [0, 0.05) is 14.5 Å². The molecule has 0 spiro atoms. The van der Waals surface area contributed by atoms with E-state index >= 15 is 0 Å². The second kappa shape index (κ2) is 7.82. The Kier molecular flexibility index (Phi) is 6.08. The molecule has 1 N–H and O–H groups in total. The second-order valence-corrected chi connectivity index (χ2v) is 6.34. The molecule has 0 aromatic heterocycles. The van der Waals surface area contributed by atoms with E-state index in [0.29, 0.717) is 19.0 Å². The van der Waals surface area contributed by atoms with E-state index in [-0.39, 0.29) is 0 Å². The largest absolute Gasteiger partial charge is 0.490 e. The first kappa shape index (κ1) is 16.3. The molecule has 0 aliphatic carbocycles. The van der Waals surface area contributed by atoms with Crippen LogP contribution >= 0.6 is 31.9 Å². The first-order chi connectivity index (χ1) is 10.1. The maximum absolute atomic E-state index is 9.72. The molecule has 2 rings (SSSR count). The molecule has 0 unspecified atom stereocenters. The molecule has 112 valence electrons. The lowest BCUT2D eigenvalue weighted by Gasteiger charge is -2.14. The zero-order valence-electron chi connectivity index (χ0n) is 11.6. The third kappa shape index (κ3) is 5.02. The molecule has 0 radical (unpaired) electrons. The minimum absolute atomic E-state index is 0.409. The molecule has 0 saturated carbocycles. The number of benzene rings is 2. The van der Waals surface area contributed by atoms with Crippen molar-refractivity contribution in [2.45, 2.75) is 13.0 Å². The summed E-state index contributed by atoms with van der Waals surface area (Å²) in [6.45, 7) is 2.56. The maximum Gasteiger partial charge on any atom is 0.126 e. The fourth-order valence-corrected chi connectivity index (χ4v) is 2.42. The summed E-state index contributed by atoms with van der Waals surface area (Å²) in [5.41, 5.74) is 0.766. The third-order valence-corrected chi connectivity index (χ3v) is 3.87. The quantitative estimate of drug-likeness (QED) is 0.693. The Morgan fingerprint density at radius 3 is 2.24 bits per heavy atom. The van der Waals surface area contributed by atoms with Crippen molar-refractivity contribution >= 4 is 31.9 Å². The third-order valence-electron chi connectivity index (χ3n) is 2.85. The van der Waals surface area contributed by atoms with Gasteiger partial charge in [-0.2, -0.15) is 0 Å². The maximum atomic E-state index is 9.72. The lowest BCUT2D eigenvalue weighted by atomic mass is 10.1. The summed E-state index contributed by atoms with van der Waals surface area (Å²) in [6.07, 6.45) is -0.569. The molecule has 3 nitrogen and oxygen atoms in total. The van der Waals surface area contributed by atoms with Crippen LogP contribution in [0.25, 0.3) is 0 Å². The van der Waals surface area contributed by atoms with E-state index in [0.717, 1.165) is 20.3 Å². The standard InChI is InChI=1S/C16H16Br2O3/c1-11(19)15-7-4-13(18)10-16(15)21-9-8-20-14-5-2-12(17)3-6-14/h2-7,10-11,19H,8-9H2,1H3/t11-/m1/s1. The first-order valence-electron chi connectivity index (χ1n) is 6.55. The van der Waals surface area contributed by atoms with Crippen LogP contribution in [0.1, 0.15) is 18.6 Å². The molecule has 21 heavy (non-hydrogen) atoms. The van der Waals surface area contributed by atoms with Crippen LogP contribution in [0.4, 0.5) is 0 Å². The fraction of sp³-hybridized carbons (Fsp3) is 0.250. The minimum atomic E-state index is -0.569. The highest BCUT2D eigenvalue weighted by Crippen LogP contribution is 2.28. The lowest BCUT2D eigenvalue weighted by molar-refractivity contribution is 0.182. The summed E-state index contributed by atoms with van der Waals surface area (Å²) in [6, 6.07) is 13.2. The summed E-state index contributed by atoms with van der Waals surface area (Å²) in [5.74, 6) is 1.46. The molecule has 0 fully saturated rings. The molecule has 0 saturated heterocycles. The van der Waals surface area contributed by atoms with E-state index < -0.39 is 6.10 Å². The van der Waals surface area contributed by atoms with Crippen molar-refractivity contribution in [2.75, 3.05) is 13.2 Å². The number of rotatable bonds is 6. The van der Waals surface area contributed by atoms with E-state index in [9.17, 15) is 5.11 Å². The molecular formula is C16H16Br2O3. The van der Waals surface area contributed by atoms with Crippen LogP contribution in [0.5, 0.6) is 11.5 Å². The zero-order chi connectivity index (χ0) is 15.2. The molecule has 0 bridgehead atoms. The second-order valence-electron chi connectivity index (χ2n) is 4.51. The Hall–Kier alpha value is -1.04. The summed E-state index contributed by atoms with van der Waals surface area (Å²) in [5, 5.41) is 9.72. The Balaban J connectivity index is 1.88. The Morgan fingerprint density at radius 2 is 1.57 bits per heavy atom. The number of halogens is 2. The van der Waals surface area contributed by atoms with Gasteiger partial charge in [0.15, 0.2) is 0 Å². The van der Waals surface area contributed by atoms with E-state index in [1.165, 1.54) is 0 Å². The fourth-order valence-electron chi connectivity index (χ4n) is 1.82. The van der Waals surface area contributed by atoms with Gasteiger partial charge in [-0.25, -0.2) is 0 Å². The van der Waals surface area contributed by atoms with Crippen LogP contribution < -0.4 is 9.47 Å². The van der Waals surface area contributed by atoms with E-state index in [2.05, 4.69) is 31.9 Å². The van der Waals surface area contributed by atoms with Crippen molar-refractivity contribution < 1.29 is 14.6 Å². The Morgan fingerprint density at radius 1 is 0.952 bits per heavy atom. The lowest BCUT2D eigenvalue weighted by Crippen LogP contribution is -2.10. The highest BCUT2D eigenvalue weighted by atomic mass is 79.9. The van der Waals surface area contributed by atoms with Crippen molar-refractivity contribution in [3.8, 4) is 11.5 Å². The molecule has 5 heteroatoms. The van der Waals surface area contributed by atoms with Crippen molar-refractivity contribution in [1.29, 1.82) is 0 Å². The van der Waals surface area contributed by atoms with Gasteiger partial charge in [-0.05, 0) is 43.3 Å². The SMILES string of the molecule is C[C@@H](O)c1ccc(Br)cc1OCCOc1ccc(Br)cc1. The van der Waals surface area contributed by atoms with Gasteiger partial charge in [-0.1, -0.05) is 37.9 Å². The van der Waals surface area contributed by atoms with Crippen LogP contribution in [0.15, 0.2) is 51.4 Å². The molecule has 0 amide bonds. The molecule has 0 heterocycles. The summed E-state index contributed by atoms with van der Waals surface area (Å²) >= 11 is 6.78. The summed E-state index contributed by atoms with van der Waals surface area (Å²) < 4.78 is 13.2. The number of aliphatic hydroxyl groups excluding tert-OH is 1. The number of hydrogen-bond donors (Lipinski definition) is 1. The van der Waals surface area contributed by atoms with Crippen molar-refractivity contribution in [2.24, 2.45) is 0 Å². The molecule has 2 aromatic carbocycles. The van der Waals surface area contributed by atoms with Gasteiger partial charge in [0.1, 0.15) is 24.7 Å². The van der Waals surface area contributed by atoms with Crippen molar-refractivity contribution in [3.63, 3.8) is 0 Å². The van der Waals surface area contributed by atoms with Crippen LogP contribution in [-0.4, -0.2) is 18.3 Å². The minimum Gasteiger partial charge on any atom is -0.490 e. The van der Waals surface area contributed by atoms with Gasteiger partial charge in [0.05, 0.1) is 6.10 Å². The average Bonchev–Trinajstić information content (AvgIpc) is 2.45. The molecule has 0 aliphatic rings. The predicted octanol–water partition coefficient (Wildman–Crippen LogP) is 4.72. The van der Waals surface area contributed by atoms with Gasteiger partial charge in [-0.3, -0.25) is 0 Å². The van der Waals surface area contributed by atoms with Crippen LogP contribution in [0, 0.1) is 0 Å². The normalized spacial score (nSPS) is 12.0. The van der Waals surface area contributed by atoms with Crippen molar-refractivity contribution in [1.82, 2.24) is 0 Å².